The van der Waals surface area contributed by atoms with Crippen molar-refractivity contribution in [2.45, 2.75) is 16.1 Å². The molecule has 0 aromatic heterocycles. The summed E-state index contributed by atoms with van der Waals surface area (Å²) in [4.78, 5) is 23.2. The normalized spacial score (nSPS) is 45.7. The molecular weight excluding hydrogens is 344 g/mol. The fourth-order valence-corrected chi connectivity index (χ4v) is 4.94. The Morgan fingerprint density at radius 2 is 1.69 bits per heavy atom. The van der Waals surface area contributed by atoms with Gasteiger partial charge < -0.3 is 9.84 Å². The third-order valence-corrected chi connectivity index (χ3v) is 6.94. The zero-order valence-electron chi connectivity index (χ0n) is 8.60. The molecule has 6 heteroatoms. The predicted octanol–water partition coefficient (Wildman–Crippen LogP) is 1.65. The average molecular weight is 356 g/mol. The van der Waals surface area contributed by atoms with E-state index in [1.54, 1.807) is 0 Å². The molecule has 6 atom stereocenters. The van der Waals surface area contributed by atoms with Crippen molar-refractivity contribution in [3.8, 4) is 0 Å². The first kappa shape index (κ1) is 12.4. The van der Waals surface area contributed by atoms with E-state index in [2.05, 4.69) is 31.9 Å². The number of esters is 1. The Morgan fingerprint density at radius 1 is 1.19 bits per heavy atom. The first-order chi connectivity index (χ1) is 7.49. The lowest BCUT2D eigenvalue weighted by atomic mass is 9.79. The van der Waals surface area contributed by atoms with E-state index in [-0.39, 0.29) is 21.5 Å². The number of alkyl halides is 2. The number of fused-ring (bicyclic) bond motifs is 2. The van der Waals surface area contributed by atoms with E-state index >= 15 is 0 Å². The fourth-order valence-electron chi connectivity index (χ4n) is 3.06. The number of carboxylic acids is 1. The second-order valence-corrected chi connectivity index (χ2v) is 6.48. The number of methoxy groups -OCH3 is 1. The number of aliphatic carboxylic acids is 1. The molecule has 0 saturated heterocycles. The summed E-state index contributed by atoms with van der Waals surface area (Å²) < 4.78 is 4.71. The molecular formula is C10H12Br2O4. The number of carboxylic acid groups (broad SMARTS) is 1. The van der Waals surface area contributed by atoms with Gasteiger partial charge in [0, 0.05) is 9.65 Å². The minimum Gasteiger partial charge on any atom is -0.481 e. The number of hydrogen-bond donors (Lipinski definition) is 1. The fraction of sp³-hybridized carbons (Fsp3) is 0.800. The van der Waals surface area contributed by atoms with Gasteiger partial charge in [0.2, 0.25) is 0 Å². The maximum Gasteiger partial charge on any atom is 0.309 e. The van der Waals surface area contributed by atoms with Crippen LogP contribution in [0, 0.1) is 23.7 Å². The minimum atomic E-state index is -0.897. The van der Waals surface area contributed by atoms with Gasteiger partial charge in [-0.15, -0.1) is 0 Å². The number of hydrogen-bond acceptors (Lipinski definition) is 3. The summed E-state index contributed by atoms with van der Waals surface area (Å²) in [5, 5.41) is 9.21. The van der Waals surface area contributed by atoms with Crippen molar-refractivity contribution in [3.05, 3.63) is 0 Å². The zero-order chi connectivity index (χ0) is 12.0. The molecule has 1 N–H and O–H groups in total. The van der Waals surface area contributed by atoms with Gasteiger partial charge in [0.05, 0.1) is 18.9 Å². The molecule has 2 bridgehead atoms. The van der Waals surface area contributed by atoms with Crippen LogP contribution in [-0.4, -0.2) is 33.8 Å². The molecule has 0 aromatic carbocycles. The standard InChI is InChI=1S/C10H12Br2O4/c1-16-10(15)6-4-2-3(5(6)9(13)14)7(11)8(4)12/h3-8H,2H2,1H3,(H,13,14). The highest BCUT2D eigenvalue weighted by Gasteiger charge is 2.61. The lowest BCUT2D eigenvalue weighted by molar-refractivity contribution is -0.157. The molecule has 0 amide bonds. The summed E-state index contributed by atoms with van der Waals surface area (Å²) in [6.07, 6.45) is 0.766. The van der Waals surface area contributed by atoms with E-state index in [9.17, 15) is 14.7 Å². The third-order valence-electron chi connectivity index (χ3n) is 3.73. The van der Waals surface area contributed by atoms with Gasteiger partial charge >= 0.3 is 11.9 Å². The van der Waals surface area contributed by atoms with Crippen LogP contribution in [0.15, 0.2) is 0 Å². The van der Waals surface area contributed by atoms with Crippen LogP contribution in [0.1, 0.15) is 6.42 Å². The second-order valence-electron chi connectivity index (χ2n) is 4.37. The van der Waals surface area contributed by atoms with Crippen LogP contribution in [0.4, 0.5) is 0 Å². The lowest BCUT2D eigenvalue weighted by Crippen LogP contribution is -2.43. The quantitative estimate of drug-likeness (QED) is 0.604. The van der Waals surface area contributed by atoms with Gasteiger partial charge in [-0.25, -0.2) is 0 Å². The molecule has 2 saturated carbocycles. The molecule has 0 spiro atoms. The minimum absolute atomic E-state index is 0.0102. The summed E-state index contributed by atoms with van der Waals surface area (Å²) in [6.45, 7) is 0. The Bertz CT molecular complexity index is 333. The maximum absolute atomic E-state index is 11.6. The topological polar surface area (TPSA) is 63.6 Å². The largest absolute Gasteiger partial charge is 0.481 e. The Balaban J connectivity index is 2.30. The number of halogens is 2. The van der Waals surface area contributed by atoms with Gasteiger partial charge in [0.15, 0.2) is 0 Å². The monoisotopic (exact) mass is 354 g/mol. The van der Waals surface area contributed by atoms with Crippen molar-refractivity contribution in [2.75, 3.05) is 7.11 Å². The molecule has 4 nitrogen and oxygen atoms in total. The van der Waals surface area contributed by atoms with Crippen LogP contribution in [0.2, 0.25) is 0 Å². The molecule has 0 aliphatic heterocycles. The van der Waals surface area contributed by atoms with Crippen molar-refractivity contribution in [1.29, 1.82) is 0 Å². The van der Waals surface area contributed by atoms with Crippen molar-refractivity contribution in [2.24, 2.45) is 23.7 Å². The highest BCUT2D eigenvalue weighted by molar-refractivity contribution is 9.12. The molecule has 0 heterocycles. The maximum atomic E-state index is 11.6. The van der Waals surface area contributed by atoms with E-state index in [1.807, 2.05) is 0 Å². The van der Waals surface area contributed by atoms with E-state index in [0.29, 0.717) is 0 Å². The van der Waals surface area contributed by atoms with Crippen LogP contribution in [0.5, 0.6) is 0 Å². The van der Waals surface area contributed by atoms with E-state index < -0.39 is 23.8 Å². The summed E-state index contributed by atoms with van der Waals surface area (Å²) >= 11 is 7.03. The molecule has 0 aromatic rings. The highest BCUT2D eigenvalue weighted by atomic mass is 79.9. The Kier molecular flexibility index (Phi) is 3.32. The van der Waals surface area contributed by atoms with Crippen LogP contribution in [0.3, 0.4) is 0 Å². The van der Waals surface area contributed by atoms with Crippen molar-refractivity contribution >= 4 is 43.8 Å². The number of carbonyl (C=O) groups is 2. The smallest absolute Gasteiger partial charge is 0.309 e. The molecule has 2 aliphatic rings. The third kappa shape index (κ3) is 1.61. The Hall–Kier alpha value is -0.100. The van der Waals surface area contributed by atoms with Crippen LogP contribution < -0.4 is 0 Å². The second kappa shape index (κ2) is 4.29. The van der Waals surface area contributed by atoms with E-state index in [0.717, 1.165) is 6.42 Å². The SMILES string of the molecule is COC(=O)C1C2CC(C(Br)C2Br)C1C(=O)O. The predicted molar refractivity (Wildman–Crippen MR) is 63.7 cm³/mol. The Morgan fingerprint density at radius 3 is 2.12 bits per heavy atom. The first-order valence-corrected chi connectivity index (χ1v) is 6.91. The van der Waals surface area contributed by atoms with Gasteiger partial charge in [-0.05, 0) is 18.3 Å². The van der Waals surface area contributed by atoms with Crippen molar-refractivity contribution in [3.63, 3.8) is 0 Å². The highest BCUT2D eigenvalue weighted by Crippen LogP contribution is 2.57. The summed E-state index contributed by atoms with van der Waals surface area (Å²) in [6, 6.07) is 0. The molecule has 0 radical (unpaired) electrons. The molecule has 2 aliphatic carbocycles. The van der Waals surface area contributed by atoms with Crippen molar-refractivity contribution in [1.82, 2.24) is 0 Å². The molecule has 2 rings (SSSR count). The van der Waals surface area contributed by atoms with Crippen LogP contribution >= 0.6 is 31.9 Å². The summed E-state index contributed by atoms with van der Waals surface area (Å²) in [5.74, 6) is -2.35. The zero-order valence-corrected chi connectivity index (χ0v) is 11.8. The van der Waals surface area contributed by atoms with E-state index in [1.165, 1.54) is 7.11 Å². The van der Waals surface area contributed by atoms with Crippen LogP contribution in [0.25, 0.3) is 0 Å². The average Bonchev–Trinajstić information content (AvgIpc) is 2.76. The lowest BCUT2D eigenvalue weighted by Gasteiger charge is -2.32. The summed E-state index contributed by atoms with van der Waals surface area (Å²) in [7, 11) is 1.31. The van der Waals surface area contributed by atoms with Gasteiger partial charge in [0.25, 0.3) is 0 Å². The number of rotatable bonds is 2. The molecule has 6 unspecified atom stereocenters. The molecule has 2 fully saturated rings. The van der Waals surface area contributed by atoms with Crippen molar-refractivity contribution < 1.29 is 19.4 Å². The summed E-state index contributed by atoms with van der Waals surface area (Å²) in [5.41, 5.74) is 0. The Labute approximate surface area is 110 Å². The molecule has 16 heavy (non-hydrogen) atoms. The number of ether oxygens (including phenoxy) is 1. The van der Waals surface area contributed by atoms with Crippen LogP contribution in [-0.2, 0) is 14.3 Å². The number of carbonyl (C=O) groups excluding carboxylic acids is 1. The van der Waals surface area contributed by atoms with Gasteiger partial charge in [-0.2, -0.15) is 0 Å². The molecule has 90 valence electrons. The van der Waals surface area contributed by atoms with Gasteiger partial charge in [-0.1, -0.05) is 31.9 Å². The van der Waals surface area contributed by atoms with E-state index in [4.69, 9.17) is 4.74 Å². The van der Waals surface area contributed by atoms with Gasteiger partial charge in [-0.3, -0.25) is 9.59 Å². The first-order valence-electron chi connectivity index (χ1n) is 5.07. The van der Waals surface area contributed by atoms with Gasteiger partial charge in [0.1, 0.15) is 0 Å².